The van der Waals surface area contributed by atoms with Crippen molar-refractivity contribution in [1.29, 1.82) is 0 Å². The van der Waals surface area contributed by atoms with E-state index in [9.17, 15) is 9.59 Å². The van der Waals surface area contributed by atoms with Crippen LogP contribution in [0.25, 0.3) is 10.2 Å². The van der Waals surface area contributed by atoms with Gasteiger partial charge in [0.1, 0.15) is 0 Å². The fraction of sp³-hybridized carbons (Fsp3) is 0.100. The molecule has 1 aromatic heterocycles. The summed E-state index contributed by atoms with van der Waals surface area (Å²) in [6.45, 7) is 0. The van der Waals surface area contributed by atoms with Crippen LogP contribution in [0.2, 0.25) is 0 Å². The van der Waals surface area contributed by atoms with Crippen LogP contribution in [0.4, 0.5) is 5.13 Å². The van der Waals surface area contributed by atoms with Crippen LogP contribution < -0.4 is 10.6 Å². The molecule has 0 saturated heterocycles. The minimum absolute atomic E-state index is 0.446. The maximum absolute atomic E-state index is 11.4. The maximum Gasteiger partial charge on any atom is 0.317 e. The first kappa shape index (κ1) is 12.0. The molecule has 0 saturated carbocycles. The van der Waals surface area contributed by atoms with E-state index in [1.165, 1.54) is 18.4 Å². The average Bonchev–Trinajstić information content (AvgIpc) is 2.69. The van der Waals surface area contributed by atoms with Gasteiger partial charge in [0.25, 0.3) is 0 Å². The van der Waals surface area contributed by atoms with E-state index in [1.54, 1.807) is 0 Å². The maximum atomic E-state index is 11.4. The second-order valence-electron chi connectivity index (χ2n) is 3.34. The molecule has 2 rings (SSSR count). The summed E-state index contributed by atoms with van der Waals surface area (Å²) in [7, 11) is 1.47. The van der Waals surface area contributed by atoms with E-state index in [2.05, 4.69) is 20.9 Å². The smallest absolute Gasteiger partial charge is 0.317 e. The third-order valence-corrected chi connectivity index (χ3v) is 3.73. The molecule has 88 valence electrons. The lowest BCUT2D eigenvalue weighted by Crippen LogP contribution is -2.37. The monoisotopic (exact) mass is 313 g/mol. The van der Waals surface area contributed by atoms with Gasteiger partial charge in [-0.05, 0) is 18.2 Å². The summed E-state index contributed by atoms with van der Waals surface area (Å²) in [6, 6.07) is 5.60. The third kappa shape index (κ3) is 2.29. The largest absolute Gasteiger partial charge is 0.361 e. The Labute approximate surface area is 109 Å². The van der Waals surface area contributed by atoms with E-state index in [-0.39, 0.29) is 0 Å². The Bertz CT molecular complexity index is 611. The highest BCUT2D eigenvalue weighted by atomic mass is 79.9. The Morgan fingerprint density at radius 2 is 2.18 bits per heavy atom. The minimum Gasteiger partial charge on any atom is -0.361 e. The first-order valence-electron chi connectivity index (χ1n) is 4.62. The summed E-state index contributed by atoms with van der Waals surface area (Å²) in [5.41, 5.74) is 5.71. The van der Waals surface area contributed by atoms with Gasteiger partial charge in [-0.15, -0.1) is 0 Å². The molecule has 2 amide bonds. The van der Waals surface area contributed by atoms with Crippen LogP contribution in [-0.4, -0.2) is 23.8 Å². The molecule has 0 fully saturated rings. The van der Waals surface area contributed by atoms with E-state index < -0.39 is 11.8 Å². The quantitative estimate of drug-likeness (QED) is 0.811. The number of benzene rings is 1. The Balaban J connectivity index is 2.43. The van der Waals surface area contributed by atoms with Gasteiger partial charge >= 0.3 is 11.8 Å². The highest BCUT2D eigenvalue weighted by molar-refractivity contribution is 9.10. The number of rotatable bonds is 1. The number of carbonyl (C=O) groups excluding carboxylic acids is 2. The number of anilines is 1. The molecule has 0 spiro atoms. The zero-order valence-corrected chi connectivity index (χ0v) is 11.2. The van der Waals surface area contributed by atoms with Crippen molar-refractivity contribution in [3.63, 3.8) is 0 Å². The fourth-order valence-corrected chi connectivity index (χ4v) is 2.76. The fourth-order valence-electron chi connectivity index (χ4n) is 1.28. The summed E-state index contributed by atoms with van der Waals surface area (Å²) in [5, 5.41) is 0.446. The molecule has 0 radical (unpaired) electrons. The number of nitrogens with zero attached hydrogens (tertiary/aromatic N) is 2. The number of primary amides is 1. The van der Waals surface area contributed by atoms with Gasteiger partial charge in [-0.25, -0.2) is 4.98 Å². The predicted octanol–water partition coefficient (Wildman–Crippen LogP) is 1.51. The SMILES string of the molecule is CN(C(=O)C(N)=O)c1nc2ccc(Br)cc2s1. The van der Waals surface area contributed by atoms with E-state index in [4.69, 9.17) is 5.73 Å². The molecular weight excluding hydrogens is 306 g/mol. The van der Waals surface area contributed by atoms with Crippen LogP contribution in [-0.2, 0) is 9.59 Å². The zero-order chi connectivity index (χ0) is 12.6. The second-order valence-corrected chi connectivity index (χ2v) is 5.26. The number of thiazole rings is 1. The number of amides is 2. The molecular formula is C10H8BrN3O2S. The summed E-state index contributed by atoms with van der Waals surface area (Å²) in [5.74, 6) is -1.77. The molecule has 1 aromatic carbocycles. The molecule has 2 N–H and O–H groups in total. The van der Waals surface area contributed by atoms with Crippen molar-refractivity contribution in [2.24, 2.45) is 5.73 Å². The molecule has 1 heterocycles. The third-order valence-electron chi connectivity index (χ3n) is 2.14. The molecule has 0 bridgehead atoms. The van der Waals surface area contributed by atoms with Gasteiger partial charge in [0, 0.05) is 11.5 Å². The van der Waals surface area contributed by atoms with Gasteiger partial charge < -0.3 is 5.73 Å². The molecule has 2 aromatic rings. The number of likely N-dealkylation sites (N-methyl/N-ethyl adjacent to an activating group) is 1. The molecule has 0 aliphatic heterocycles. The highest BCUT2D eigenvalue weighted by Gasteiger charge is 2.19. The standard InChI is InChI=1S/C10H8BrN3O2S/c1-14(9(16)8(12)15)10-13-6-3-2-5(11)4-7(6)17-10/h2-4H,1H3,(H2,12,15). The molecule has 0 aliphatic carbocycles. The summed E-state index contributed by atoms with van der Waals surface area (Å²) < 4.78 is 1.86. The van der Waals surface area contributed by atoms with Gasteiger partial charge in [-0.2, -0.15) is 0 Å². The van der Waals surface area contributed by atoms with Crippen molar-refractivity contribution >= 4 is 54.4 Å². The van der Waals surface area contributed by atoms with Crippen molar-refractivity contribution in [2.45, 2.75) is 0 Å². The Morgan fingerprint density at radius 3 is 2.82 bits per heavy atom. The normalized spacial score (nSPS) is 10.5. The van der Waals surface area contributed by atoms with Crippen molar-refractivity contribution in [3.8, 4) is 0 Å². The van der Waals surface area contributed by atoms with Crippen molar-refractivity contribution < 1.29 is 9.59 Å². The molecule has 0 aliphatic rings. The molecule has 5 nitrogen and oxygen atoms in total. The molecule has 0 atom stereocenters. The van der Waals surface area contributed by atoms with E-state index in [0.717, 1.165) is 19.6 Å². The molecule has 17 heavy (non-hydrogen) atoms. The van der Waals surface area contributed by atoms with Crippen molar-refractivity contribution in [2.75, 3.05) is 11.9 Å². The van der Waals surface area contributed by atoms with Crippen LogP contribution in [0, 0.1) is 0 Å². The lowest BCUT2D eigenvalue weighted by atomic mass is 10.3. The summed E-state index contributed by atoms with van der Waals surface area (Å²) in [6.07, 6.45) is 0. The second kappa shape index (κ2) is 4.42. The summed E-state index contributed by atoms with van der Waals surface area (Å²) >= 11 is 4.68. The number of carbonyl (C=O) groups is 2. The number of hydrogen-bond donors (Lipinski definition) is 1. The van der Waals surface area contributed by atoms with Gasteiger partial charge in [-0.1, -0.05) is 27.3 Å². The lowest BCUT2D eigenvalue weighted by Gasteiger charge is -2.09. The van der Waals surface area contributed by atoms with Crippen LogP contribution in [0.3, 0.4) is 0 Å². The van der Waals surface area contributed by atoms with E-state index >= 15 is 0 Å². The Morgan fingerprint density at radius 1 is 1.47 bits per heavy atom. The number of aromatic nitrogens is 1. The van der Waals surface area contributed by atoms with Crippen molar-refractivity contribution in [1.82, 2.24) is 4.98 Å². The Kier molecular flexibility index (Phi) is 3.12. The van der Waals surface area contributed by atoms with Crippen molar-refractivity contribution in [3.05, 3.63) is 22.7 Å². The van der Waals surface area contributed by atoms with Crippen LogP contribution in [0.1, 0.15) is 0 Å². The molecule has 7 heteroatoms. The van der Waals surface area contributed by atoms with E-state index in [1.807, 2.05) is 18.2 Å². The van der Waals surface area contributed by atoms with Crippen LogP contribution in [0.5, 0.6) is 0 Å². The van der Waals surface area contributed by atoms with Gasteiger partial charge in [-0.3, -0.25) is 14.5 Å². The van der Waals surface area contributed by atoms with Gasteiger partial charge in [0.2, 0.25) is 0 Å². The number of hydrogen-bond acceptors (Lipinski definition) is 4. The molecule has 0 unspecified atom stereocenters. The Hall–Kier alpha value is -1.47. The number of fused-ring (bicyclic) bond motifs is 1. The first-order chi connectivity index (χ1) is 7.99. The zero-order valence-electron chi connectivity index (χ0n) is 8.81. The lowest BCUT2D eigenvalue weighted by molar-refractivity contribution is -0.135. The highest BCUT2D eigenvalue weighted by Crippen LogP contribution is 2.30. The van der Waals surface area contributed by atoms with E-state index in [0.29, 0.717) is 5.13 Å². The predicted molar refractivity (Wildman–Crippen MR) is 69.9 cm³/mol. The summed E-state index contributed by atoms with van der Waals surface area (Å²) in [4.78, 5) is 27.6. The van der Waals surface area contributed by atoms with Gasteiger partial charge in [0.15, 0.2) is 5.13 Å². The van der Waals surface area contributed by atoms with Gasteiger partial charge in [0.05, 0.1) is 10.2 Å². The number of halogens is 1. The first-order valence-corrected chi connectivity index (χ1v) is 6.23. The topological polar surface area (TPSA) is 76.3 Å². The minimum atomic E-state index is -0.993. The van der Waals surface area contributed by atoms with Crippen LogP contribution >= 0.6 is 27.3 Å². The van der Waals surface area contributed by atoms with Crippen LogP contribution in [0.15, 0.2) is 22.7 Å². The average molecular weight is 314 g/mol. The number of nitrogens with two attached hydrogens (primary N) is 1.